The number of nitrogens with zero attached hydrogens (tertiary/aromatic N) is 4. The molecule has 0 fully saturated rings. The second-order valence-corrected chi connectivity index (χ2v) is 7.29. The fourth-order valence-corrected chi connectivity index (χ4v) is 2.26. The van der Waals surface area contributed by atoms with Crippen molar-refractivity contribution in [3.63, 3.8) is 0 Å². The van der Waals surface area contributed by atoms with Gasteiger partial charge in [-0.1, -0.05) is 11.6 Å². The van der Waals surface area contributed by atoms with Crippen molar-refractivity contribution in [2.24, 2.45) is 0 Å². The molecule has 0 saturated heterocycles. The molecule has 0 spiro atoms. The molecule has 9 nitrogen and oxygen atoms in total. The molecule has 1 amide bonds. The van der Waals surface area contributed by atoms with Crippen molar-refractivity contribution in [1.82, 2.24) is 25.5 Å². The number of carbonyl (C=O) groups is 2. The lowest BCUT2D eigenvalue weighted by atomic mass is 10.2. The monoisotopic (exact) mass is 395 g/mol. The number of rotatable bonds is 8. The fraction of sp³-hybridized carbons (Fsp3) is 0.471. The third kappa shape index (κ3) is 6.95. The summed E-state index contributed by atoms with van der Waals surface area (Å²) in [7, 11) is 0. The van der Waals surface area contributed by atoms with E-state index in [1.165, 1.54) is 0 Å². The first kappa shape index (κ1) is 20.8. The zero-order valence-corrected chi connectivity index (χ0v) is 16.1. The number of amides is 1. The lowest BCUT2D eigenvalue weighted by Gasteiger charge is -2.21. The number of ether oxygens (including phenoxy) is 1. The molecule has 1 atom stereocenters. The Morgan fingerprint density at radius 3 is 2.56 bits per heavy atom. The fourth-order valence-electron chi connectivity index (χ4n) is 2.13. The molecule has 0 aliphatic heterocycles. The average molecular weight is 396 g/mol. The molecular weight excluding hydrogens is 374 g/mol. The van der Waals surface area contributed by atoms with Crippen LogP contribution in [-0.4, -0.2) is 55.4 Å². The predicted molar refractivity (Wildman–Crippen MR) is 98.2 cm³/mol. The van der Waals surface area contributed by atoms with Gasteiger partial charge in [0.1, 0.15) is 12.6 Å². The summed E-state index contributed by atoms with van der Waals surface area (Å²) in [5.41, 5.74) is 0.323. The Kier molecular flexibility index (Phi) is 6.86. The largest absolute Gasteiger partial charge is 0.480 e. The Hall–Kier alpha value is -2.52. The molecule has 27 heavy (non-hydrogen) atoms. The van der Waals surface area contributed by atoms with Crippen LogP contribution in [0.1, 0.15) is 27.2 Å². The summed E-state index contributed by atoms with van der Waals surface area (Å²) in [6.45, 7) is 5.58. The summed E-state index contributed by atoms with van der Waals surface area (Å²) in [5, 5.41) is 24.1. The number of benzene rings is 1. The van der Waals surface area contributed by atoms with Crippen LogP contribution in [0.25, 0.3) is 11.4 Å². The number of nitrogens with one attached hydrogen (secondary N) is 1. The van der Waals surface area contributed by atoms with Crippen LogP contribution in [-0.2, 0) is 20.9 Å². The van der Waals surface area contributed by atoms with Gasteiger partial charge in [0.15, 0.2) is 0 Å². The Balaban J connectivity index is 1.91. The van der Waals surface area contributed by atoms with Crippen molar-refractivity contribution >= 4 is 23.5 Å². The summed E-state index contributed by atoms with van der Waals surface area (Å²) in [6.07, 6.45) is 0.152. The minimum absolute atomic E-state index is 0.152. The lowest BCUT2D eigenvalue weighted by molar-refractivity contribution is -0.143. The summed E-state index contributed by atoms with van der Waals surface area (Å²) in [5.74, 6) is -1.32. The first-order chi connectivity index (χ1) is 12.6. The van der Waals surface area contributed by atoms with E-state index in [1.807, 2.05) is 20.8 Å². The van der Waals surface area contributed by atoms with Crippen molar-refractivity contribution in [1.29, 1.82) is 0 Å². The summed E-state index contributed by atoms with van der Waals surface area (Å²) < 4.78 is 5.51. The average Bonchev–Trinajstić information content (AvgIpc) is 3.01. The van der Waals surface area contributed by atoms with E-state index in [-0.39, 0.29) is 25.2 Å². The van der Waals surface area contributed by atoms with Gasteiger partial charge in [0, 0.05) is 23.6 Å². The maximum absolute atomic E-state index is 12.1. The van der Waals surface area contributed by atoms with E-state index in [1.54, 1.807) is 24.3 Å². The zero-order valence-electron chi connectivity index (χ0n) is 15.3. The van der Waals surface area contributed by atoms with Crippen LogP contribution in [0.5, 0.6) is 0 Å². The molecule has 1 unspecified atom stereocenters. The molecule has 1 aromatic carbocycles. The van der Waals surface area contributed by atoms with E-state index in [9.17, 15) is 14.7 Å². The van der Waals surface area contributed by atoms with Crippen molar-refractivity contribution < 1.29 is 19.4 Å². The van der Waals surface area contributed by atoms with E-state index in [2.05, 4.69) is 20.7 Å². The molecule has 2 rings (SSSR count). The molecule has 0 radical (unpaired) electrons. The van der Waals surface area contributed by atoms with E-state index >= 15 is 0 Å². The Labute approximate surface area is 161 Å². The molecule has 1 aromatic heterocycles. The summed E-state index contributed by atoms with van der Waals surface area (Å²) in [6, 6.07) is 5.81. The predicted octanol–water partition coefficient (Wildman–Crippen LogP) is 1.77. The Morgan fingerprint density at radius 2 is 1.96 bits per heavy atom. The van der Waals surface area contributed by atoms with Crippen LogP contribution in [0, 0.1) is 0 Å². The number of carbonyl (C=O) groups excluding carboxylic acids is 1. The Bertz CT molecular complexity index is 785. The van der Waals surface area contributed by atoms with Crippen molar-refractivity contribution in [2.45, 2.75) is 45.4 Å². The van der Waals surface area contributed by atoms with Crippen molar-refractivity contribution in [2.75, 3.05) is 6.61 Å². The van der Waals surface area contributed by atoms with E-state index < -0.39 is 17.9 Å². The van der Waals surface area contributed by atoms with E-state index in [4.69, 9.17) is 16.3 Å². The SMILES string of the molecule is CC(C)(C)OCCC(NC(=O)Cn1nnc(-c2ccc(Cl)cc2)n1)C(=O)O. The van der Waals surface area contributed by atoms with Gasteiger partial charge in [-0.15, -0.1) is 10.2 Å². The molecule has 0 saturated carbocycles. The minimum Gasteiger partial charge on any atom is -0.480 e. The molecule has 1 heterocycles. The highest BCUT2D eigenvalue weighted by Gasteiger charge is 2.22. The third-order valence-corrected chi connectivity index (χ3v) is 3.67. The number of aromatic nitrogens is 4. The molecule has 0 aliphatic carbocycles. The normalized spacial score (nSPS) is 12.6. The molecule has 2 aromatic rings. The number of aliphatic carboxylic acids is 1. The first-order valence-electron chi connectivity index (χ1n) is 8.34. The van der Waals surface area contributed by atoms with Crippen LogP contribution < -0.4 is 5.32 Å². The number of hydrogen-bond donors (Lipinski definition) is 2. The highest BCUT2D eigenvalue weighted by molar-refractivity contribution is 6.30. The number of hydrogen-bond acceptors (Lipinski definition) is 6. The van der Waals surface area contributed by atoms with Crippen LogP contribution in [0.4, 0.5) is 0 Å². The number of halogens is 1. The van der Waals surface area contributed by atoms with Crippen LogP contribution in [0.15, 0.2) is 24.3 Å². The smallest absolute Gasteiger partial charge is 0.326 e. The second kappa shape index (κ2) is 8.92. The van der Waals surface area contributed by atoms with Gasteiger partial charge in [0.2, 0.25) is 11.7 Å². The summed E-state index contributed by atoms with van der Waals surface area (Å²) in [4.78, 5) is 24.5. The number of carboxylic acid groups (broad SMARTS) is 1. The zero-order chi connectivity index (χ0) is 20.0. The molecule has 0 bridgehead atoms. The number of carboxylic acids is 1. The van der Waals surface area contributed by atoms with Crippen LogP contribution in [0.3, 0.4) is 0 Å². The van der Waals surface area contributed by atoms with Gasteiger partial charge < -0.3 is 15.2 Å². The van der Waals surface area contributed by atoms with Crippen LogP contribution >= 0.6 is 11.6 Å². The van der Waals surface area contributed by atoms with Gasteiger partial charge in [-0.3, -0.25) is 4.79 Å². The highest BCUT2D eigenvalue weighted by atomic mass is 35.5. The minimum atomic E-state index is -1.13. The molecular formula is C17H22ClN5O4. The molecule has 0 aliphatic rings. The standard InChI is InChI=1S/C17H22ClN5O4/c1-17(2,3)27-9-8-13(16(25)26)19-14(24)10-23-21-15(20-22-23)11-4-6-12(18)7-5-11/h4-7,13H,8-10H2,1-3H3,(H,19,24)(H,25,26). The summed E-state index contributed by atoms with van der Waals surface area (Å²) >= 11 is 5.84. The van der Waals surface area contributed by atoms with E-state index in [0.29, 0.717) is 16.4 Å². The number of tetrazole rings is 1. The van der Waals surface area contributed by atoms with Crippen molar-refractivity contribution in [3.05, 3.63) is 29.3 Å². The van der Waals surface area contributed by atoms with Gasteiger partial charge in [-0.25, -0.2) is 4.79 Å². The van der Waals surface area contributed by atoms with Gasteiger partial charge >= 0.3 is 5.97 Å². The van der Waals surface area contributed by atoms with E-state index in [0.717, 1.165) is 4.80 Å². The Morgan fingerprint density at radius 1 is 1.30 bits per heavy atom. The van der Waals surface area contributed by atoms with Crippen molar-refractivity contribution in [3.8, 4) is 11.4 Å². The third-order valence-electron chi connectivity index (χ3n) is 3.42. The maximum Gasteiger partial charge on any atom is 0.326 e. The van der Waals surface area contributed by atoms with Crippen LogP contribution in [0.2, 0.25) is 5.02 Å². The molecule has 2 N–H and O–H groups in total. The maximum atomic E-state index is 12.1. The van der Waals surface area contributed by atoms with Gasteiger partial charge in [-0.2, -0.15) is 4.80 Å². The highest BCUT2D eigenvalue weighted by Crippen LogP contribution is 2.16. The van der Waals surface area contributed by atoms with Gasteiger partial charge in [0.05, 0.1) is 5.60 Å². The topological polar surface area (TPSA) is 119 Å². The molecule has 146 valence electrons. The first-order valence-corrected chi connectivity index (χ1v) is 8.72. The quantitative estimate of drug-likeness (QED) is 0.698. The lowest BCUT2D eigenvalue weighted by Crippen LogP contribution is -2.43. The molecule has 10 heteroatoms. The van der Waals surface area contributed by atoms with Gasteiger partial charge in [0.25, 0.3) is 0 Å². The second-order valence-electron chi connectivity index (χ2n) is 6.86. The van der Waals surface area contributed by atoms with Gasteiger partial charge in [-0.05, 0) is 50.3 Å².